The average molecular weight is 610 g/mol. The smallest absolute Gasteiger partial charge is 0.317 e. The van der Waals surface area contributed by atoms with Crippen LogP contribution in [0.15, 0.2) is 42.5 Å². The highest BCUT2D eigenvalue weighted by Gasteiger charge is 2.38. The molecule has 1 aliphatic carbocycles. The van der Waals surface area contributed by atoms with Crippen molar-refractivity contribution in [2.45, 2.75) is 32.7 Å². The van der Waals surface area contributed by atoms with Gasteiger partial charge in [-0.05, 0) is 79.1 Å². The first-order valence-electron chi connectivity index (χ1n) is 14.4. The molecule has 2 aliphatic heterocycles. The number of urea groups is 1. The van der Waals surface area contributed by atoms with Crippen molar-refractivity contribution in [2.24, 2.45) is 11.8 Å². The van der Waals surface area contributed by atoms with Crippen LogP contribution in [0.4, 0.5) is 4.79 Å². The zero-order valence-corrected chi connectivity index (χ0v) is 25.2. The first-order chi connectivity index (χ1) is 20.3. The fraction of sp³-hybridized carbons (Fsp3) is 0.387. The Labute approximate surface area is 255 Å². The fourth-order valence-corrected chi connectivity index (χ4v) is 6.90. The summed E-state index contributed by atoms with van der Waals surface area (Å²) < 4.78 is 7.04. The van der Waals surface area contributed by atoms with Crippen molar-refractivity contribution in [3.05, 3.63) is 75.0 Å². The van der Waals surface area contributed by atoms with E-state index in [0.717, 1.165) is 35.7 Å². The number of amides is 3. The van der Waals surface area contributed by atoms with Gasteiger partial charge in [-0.3, -0.25) is 10.2 Å². The summed E-state index contributed by atoms with van der Waals surface area (Å²) in [5, 5.41) is 10.7. The summed E-state index contributed by atoms with van der Waals surface area (Å²) in [7, 11) is 1.63. The number of hydrogen-bond acceptors (Lipinski definition) is 5. The van der Waals surface area contributed by atoms with Crippen LogP contribution < -0.4 is 15.5 Å². The molecule has 2 atom stereocenters. The molecule has 0 bridgehead atoms. The second-order valence-electron chi connectivity index (χ2n) is 11.1. The number of hydrazine groups is 1. The summed E-state index contributed by atoms with van der Waals surface area (Å²) in [6, 6.07) is 12.7. The fourth-order valence-electron chi connectivity index (χ4n) is 6.41. The lowest BCUT2D eigenvalue weighted by atomic mass is 9.97. The van der Waals surface area contributed by atoms with Crippen molar-refractivity contribution in [1.29, 1.82) is 0 Å². The van der Waals surface area contributed by atoms with Crippen LogP contribution >= 0.6 is 23.2 Å². The molecule has 1 saturated carbocycles. The number of hydrogen-bond donors (Lipinski definition) is 2. The van der Waals surface area contributed by atoms with Crippen LogP contribution in [0.3, 0.4) is 0 Å². The first-order valence-corrected chi connectivity index (χ1v) is 15.1. The number of nitrogens with one attached hydrogen (secondary N) is 2. The van der Waals surface area contributed by atoms with Gasteiger partial charge in [0.2, 0.25) is 0 Å². The molecule has 3 aromatic rings. The van der Waals surface area contributed by atoms with E-state index in [4.69, 9.17) is 33.0 Å². The van der Waals surface area contributed by atoms with Crippen LogP contribution in [0.5, 0.6) is 5.75 Å². The van der Waals surface area contributed by atoms with Gasteiger partial charge in [-0.15, -0.1) is 0 Å². The zero-order valence-electron chi connectivity index (χ0n) is 23.7. The lowest BCUT2D eigenvalue weighted by Gasteiger charge is -2.30. The van der Waals surface area contributed by atoms with Gasteiger partial charge in [0, 0.05) is 36.8 Å². The van der Waals surface area contributed by atoms with E-state index >= 15 is 0 Å². The number of carbonyl (C=O) groups is 2. The third-order valence-corrected chi connectivity index (χ3v) is 8.95. The second kappa shape index (κ2) is 12.0. The van der Waals surface area contributed by atoms with E-state index in [2.05, 4.69) is 10.7 Å². The van der Waals surface area contributed by atoms with Crippen LogP contribution in [0.1, 0.15) is 53.5 Å². The minimum absolute atomic E-state index is 0.209. The summed E-state index contributed by atoms with van der Waals surface area (Å²) in [6.45, 7) is 4.60. The maximum atomic E-state index is 13.9. The standard InChI is InChI=1S/C31H34Cl2N6O3/c1-3-34-31(41)37-15-22(13-19-7-10-24(42-2)11-8-19)29-25(18-37)28(35-39(29)27-12-9-23(32)14-26(27)33)30(40)36-38-16-20-5-4-6-21(20)17-38/h7-14,20-21H,3-6,15-18H2,1-2H3,(H,34,41)(H,36,40)/b22-13+. The quantitative estimate of drug-likeness (QED) is 0.377. The molecule has 1 aromatic heterocycles. The van der Waals surface area contributed by atoms with Crippen molar-refractivity contribution in [2.75, 3.05) is 33.3 Å². The lowest BCUT2D eigenvalue weighted by molar-refractivity contribution is 0.0806. The molecule has 0 radical (unpaired) electrons. The van der Waals surface area contributed by atoms with Crippen LogP contribution in [0.25, 0.3) is 17.3 Å². The molecular formula is C31H34Cl2N6O3. The number of nitrogens with zero attached hydrogens (tertiary/aromatic N) is 4. The maximum Gasteiger partial charge on any atom is 0.317 e. The molecular weight excluding hydrogens is 575 g/mol. The Bertz CT molecular complexity index is 1520. The third-order valence-electron chi connectivity index (χ3n) is 8.41. The highest BCUT2D eigenvalue weighted by Crippen LogP contribution is 2.38. The van der Waals surface area contributed by atoms with Gasteiger partial charge in [0.15, 0.2) is 5.69 Å². The minimum atomic E-state index is -0.295. The molecule has 1 saturated heterocycles. The number of halogens is 2. The molecule has 2 unspecified atom stereocenters. The number of rotatable bonds is 6. The topological polar surface area (TPSA) is 91.7 Å². The number of ether oxygens (including phenoxy) is 1. The van der Waals surface area contributed by atoms with Crippen LogP contribution in [-0.2, 0) is 6.54 Å². The van der Waals surface area contributed by atoms with Crippen molar-refractivity contribution in [3.63, 3.8) is 0 Å². The lowest BCUT2D eigenvalue weighted by Crippen LogP contribution is -2.44. The van der Waals surface area contributed by atoms with E-state index in [9.17, 15) is 9.59 Å². The monoisotopic (exact) mass is 608 g/mol. The summed E-state index contributed by atoms with van der Waals surface area (Å²) in [6.07, 6.45) is 5.68. The number of methoxy groups -OCH3 is 1. The Morgan fingerprint density at radius 1 is 1.07 bits per heavy atom. The van der Waals surface area contributed by atoms with E-state index in [1.165, 1.54) is 19.3 Å². The molecule has 2 fully saturated rings. The number of fused-ring (bicyclic) bond motifs is 2. The predicted octanol–water partition coefficient (Wildman–Crippen LogP) is 5.65. The molecule has 9 nitrogen and oxygen atoms in total. The van der Waals surface area contributed by atoms with Crippen molar-refractivity contribution >= 4 is 46.8 Å². The Morgan fingerprint density at radius 2 is 1.81 bits per heavy atom. The summed E-state index contributed by atoms with van der Waals surface area (Å²) >= 11 is 12.9. The van der Waals surface area contributed by atoms with Crippen molar-refractivity contribution < 1.29 is 14.3 Å². The number of carbonyl (C=O) groups excluding carboxylic acids is 2. The maximum absolute atomic E-state index is 13.9. The highest BCUT2D eigenvalue weighted by atomic mass is 35.5. The molecule has 6 rings (SSSR count). The van der Waals surface area contributed by atoms with Gasteiger partial charge in [0.25, 0.3) is 5.91 Å². The van der Waals surface area contributed by atoms with E-state index in [0.29, 0.717) is 46.2 Å². The van der Waals surface area contributed by atoms with Crippen LogP contribution in [0.2, 0.25) is 10.0 Å². The van der Waals surface area contributed by atoms with E-state index in [1.54, 1.807) is 34.9 Å². The third kappa shape index (κ3) is 5.61. The molecule has 220 valence electrons. The summed E-state index contributed by atoms with van der Waals surface area (Å²) in [5.74, 6) is 1.69. The van der Waals surface area contributed by atoms with E-state index in [1.807, 2.05) is 42.3 Å². The molecule has 42 heavy (non-hydrogen) atoms. The van der Waals surface area contributed by atoms with Crippen LogP contribution in [0, 0.1) is 11.8 Å². The second-order valence-corrected chi connectivity index (χ2v) is 12.0. The van der Waals surface area contributed by atoms with Gasteiger partial charge < -0.3 is 15.0 Å². The minimum Gasteiger partial charge on any atom is -0.497 e. The Balaban J connectivity index is 1.46. The van der Waals surface area contributed by atoms with Gasteiger partial charge in [-0.2, -0.15) is 5.10 Å². The van der Waals surface area contributed by atoms with E-state index < -0.39 is 0 Å². The van der Waals surface area contributed by atoms with Crippen molar-refractivity contribution in [3.8, 4) is 11.4 Å². The Hall–Kier alpha value is -3.53. The number of aromatic nitrogens is 2. The SMILES string of the molecule is CCNC(=O)N1C/C(=C\c2ccc(OC)cc2)c2c(c(C(=O)NN3CC4CCCC4C3)nn2-c2ccc(Cl)cc2Cl)C1. The molecule has 0 spiro atoms. The Morgan fingerprint density at radius 3 is 2.48 bits per heavy atom. The summed E-state index contributed by atoms with van der Waals surface area (Å²) in [5.41, 5.74) is 7.12. The predicted molar refractivity (Wildman–Crippen MR) is 164 cm³/mol. The zero-order chi connectivity index (χ0) is 29.4. The van der Waals surface area contributed by atoms with Gasteiger partial charge in [0.05, 0.1) is 30.1 Å². The van der Waals surface area contributed by atoms with Gasteiger partial charge in [0.1, 0.15) is 5.75 Å². The molecule has 2 N–H and O–H groups in total. The average Bonchev–Trinajstić information content (AvgIpc) is 3.67. The molecule has 3 aliphatic rings. The molecule has 2 aromatic carbocycles. The highest BCUT2D eigenvalue weighted by molar-refractivity contribution is 6.35. The molecule has 11 heteroatoms. The van der Waals surface area contributed by atoms with Gasteiger partial charge >= 0.3 is 6.03 Å². The molecule has 3 heterocycles. The van der Waals surface area contributed by atoms with Crippen LogP contribution in [-0.4, -0.2) is 64.9 Å². The normalized spacial score (nSPS) is 20.9. The van der Waals surface area contributed by atoms with Crippen molar-refractivity contribution in [1.82, 2.24) is 30.4 Å². The van der Waals surface area contributed by atoms with Gasteiger partial charge in [-0.25, -0.2) is 14.5 Å². The summed E-state index contributed by atoms with van der Waals surface area (Å²) in [4.78, 5) is 28.7. The van der Waals surface area contributed by atoms with Gasteiger partial charge in [-0.1, -0.05) is 41.8 Å². The Kier molecular flexibility index (Phi) is 8.16. The molecule has 3 amide bonds. The number of benzene rings is 2. The first kappa shape index (κ1) is 28.6. The largest absolute Gasteiger partial charge is 0.497 e. The van der Waals surface area contributed by atoms with E-state index in [-0.39, 0.29) is 24.2 Å².